The number of H-pyrrole nitrogens is 1. The summed E-state index contributed by atoms with van der Waals surface area (Å²) in [5.74, 6) is -0.0131. The van der Waals surface area contributed by atoms with Crippen molar-refractivity contribution in [2.24, 2.45) is 0 Å². The van der Waals surface area contributed by atoms with Crippen molar-refractivity contribution in [2.45, 2.75) is 13.3 Å². The van der Waals surface area contributed by atoms with Crippen LogP contribution < -0.4 is 5.32 Å². The Kier molecular flexibility index (Phi) is 3.73. The number of para-hydroxylation sites is 1. The summed E-state index contributed by atoms with van der Waals surface area (Å²) in [4.78, 5) is 15.7. The number of aryl methyl sites for hydroxylation is 1. The van der Waals surface area contributed by atoms with E-state index in [0.717, 1.165) is 28.6 Å². The third-order valence-electron chi connectivity index (χ3n) is 3.66. The lowest BCUT2D eigenvalue weighted by Gasteiger charge is -2.05. The van der Waals surface area contributed by atoms with Gasteiger partial charge in [-0.05, 0) is 25.0 Å². The third kappa shape index (κ3) is 2.82. The Morgan fingerprint density at radius 1 is 1.05 bits per heavy atom. The van der Waals surface area contributed by atoms with E-state index in [1.54, 1.807) is 0 Å². The number of fused-ring (bicyclic) bond motifs is 1. The molecular weight excluding hydrogens is 260 g/mol. The number of aromatic amines is 1. The Hall–Kier alpha value is -2.55. The van der Waals surface area contributed by atoms with Crippen LogP contribution in [0.5, 0.6) is 0 Å². The zero-order valence-corrected chi connectivity index (χ0v) is 12.0. The fourth-order valence-electron chi connectivity index (χ4n) is 2.62. The quantitative estimate of drug-likeness (QED) is 0.754. The topological polar surface area (TPSA) is 44.9 Å². The Morgan fingerprint density at radius 2 is 1.76 bits per heavy atom. The minimum absolute atomic E-state index is 0.0131. The number of amides is 1. The van der Waals surface area contributed by atoms with E-state index in [2.05, 4.69) is 22.4 Å². The lowest BCUT2D eigenvalue weighted by molar-refractivity contribution is 0.0955. The largest absolute Gasteiger partial charge is 0.358 e. The van der Waals surface area contributed by atoms with Crippen LogP contribution in [0.4, 0.5) is 0 Å². The number of nitrogens with one attached hydrogen (secondary N) is 2. The average Bonchev–Trinajstić information content (AvgIpc) is 2.84. The zero-order valence-electron chi connectivity index (χ0n) is 12.0. The molecule has 0 aliphatic heterocycles. The van der Waals surface area contributed by atoms with Gasteiger partial charge in [-0.1, -0.05) is 48.5 Å². The highest BCUT2D eigenvalue weighted by Crippen LogP contribution is 2.21. The van der Waals surface area contributed by atoms with Crippen LogP contribution in [0.1, 0.15) is 21.6 Å². The van der Waals surface area contributed by atoms with Crippen LogP contribution in [-0.2, 0) is 6.42 Å². The number of rotatable bonds is 4. The van der Waals surface area contributed by atoms with Gasteiger partial charge in [-0.2, -0.15) is 0 Å². The Labute approximate surface area is 124 Å². The van der Waals surface area contributed by atoms with Crippen LogP contribution in [-0.4, -0.2) is 17.4 Å². The fraction of sp³-hybridized carbons (Fsp3) is 0.167. The van der Waals surface area contributed by atoms with Crippen molar-refractivity contribution in [1.82, 2.24) is 10.3 Å². The van der Waals surface area contributed by atoms with Crippen LogP contribution in [0, 0.1) is 6.92 Å². The average molecular weight is 278 g/mol. The van der Waals surface area contributed by atoms with Crippen molar-refractivity contribution in [3.63, 3.8) is 0 Å². The van der Waals surface area contributed by atoms with Gasteiger partial charge in [0, 0.05) is 23.1 Å². The lowest BCUT2D eigenvalue weighted by atomic mass is 10.1. The monoisotopic (exact) mass is 278 g/mol. The summed E-state index contributed by atoms with van der Waals surface area (Å²) in [7, 11) is 0. The van der Waals surface area contributed by atoms with Gasteiger partial charge in [0.25, 0.3) is 5.91 Å². The van der Waals surface area contributed by atoms with E-state index in [1.807, 2.05) is 49.4 Å². The molecular formula is C18H18N2O. The number of benzene rings is 2. The summed E-state index contributed by atoms with van der Waals surface area (Å²) < 4.78 is 0. The Balaban J connectivity index is 1.71. The van der Waals surface area contributed by atoms with E-state index >= 15 is 0 Å². The number of carbonyl (C=O) groups is 1. The van der Waals surface area contributed by atoms with E-state index in [0.29, 0.717) is 6.54 Å². The highest BCUT2D eigenvalue weighted by atomic mass is 16.1. The summed E-state index contributed by atoms with van der Waals surface area (Å²) in [5.41, 5.74) is 3.89. The Morgan fingerprint density at radius 3 is 2.57 bits per heavy atom. The van der Waals surface area contributed by atoms with Crippen LogP contribution in [0.2, 0.25) is 0 Å². The molecule has 2 aromatic carbocycles. The van der Waals surface area contributed by atoms with Gasteiger partial charge in [0.15, 0.2) is 0 Å². The summed E-state index contributed by atoms with van der Waals surface area (Å²) in [6.07, 6.45) is 0.841. The molecule has 106 valence electrons. The summed E-state index contributed by atoms with van der Waals surface area (Å²) in [6.45, 7) is 2.58. The second kappa shape index (κ2) is 5.83. The van der Waals surface area contributed by atoms with Crippen LogP contribution in [0.15, 0.2) is 54.6 Å². The molecule has 0 fully saturated rings. The van der Waals surface area contributed by atoms with E-state index in [9.17, 15) is 4.79 Å². The first kappa shape index (κ1) is 13.4. The van der Waals surface area contributed by atoms with Gasteiger partial charge < -0.3 is 10.3 Å². The fourth-order valence-corrected chi connectivity index (χ4v) is 2.62. The minimum Gasteiger partial charge on any atom is -0.358 e. The van der Waals surface area contributed by atoms with Gasteiger partial charge in [0.2, 0.25) is 0 Å². The first-order valence-electron chi connectivity index (χ1n) is 7.15. The molecule has 1 aromatic heterocycles. The third-order valence-corrected chi connectivity index (χ3v) is 3.66. The van der Waals surface area contributed by atoms with Crippen LogP contribution >= 0.6 is 0 Å². The first-order chi connectivity index (χ1) is 10.3. The SMILES string of the molecule is Cc1[nH]c2ccccc2c1C(=O)NCCc1ccccc1. The molecule has 0 aliphatic carbocycles. The maximum Gasteiger partial charge on any atom is 0.253 e. The first-order valence-corrected chi connectivity index (χ1v) is 7.15. The normalized spacial score (nSPS) is 10.7. The van der Waals surface area contributed by atoms with Crippen molar-refractivity contribution in [3.05, 3.63) is 71.4 Å². The van der Waals surface area contributed by atoms with E-state index in [4.69, 9.17) is 0 Å². The van der Waals surface area contributed by atoms with Gasteiger partial charge in [-0.3, -0.25) is 4.79 Å². The van der Waals surface area contributed by atoms with Crippen LogP contribution in [0.3, 0.4) is 0 Å². The van der Waals surface area contributed by atoms with E-state index in [1.165, 1.54) is 5.56 Å². The molecule has 0 saturated carbocycles. The summed E-state index contributed by atoms with van der Waals surface area (Å²) in [6, 6.07) is 18.1. The molecule has 3 rings (SSSR count). The maximum absolute atomic E-state index is 12.4. The smallest absolute Gasteiger partial charge is 0.253 e. The molecule has 1 heterocycles. The number of carbonyl (C=O) groups excluding carboxylic acids is 1. The molecule has 0 bridgehead atoms. The van der Waals surface area contributed by atoms with Crippen molar-refractivity contribution in [2.75, 3.05) is 6.54 Å². The number of hydrogen-bond donors (Lipinski definition) is 2. The molecule has 3 nitrogen and oxygen atoms in total. The van der Waals surface area contributed by atoms with Crippen molar-refractivity contribution < 1.29 is 4.79 Å². The molecule has 0 saturated heterocycles. The van der Waals surface area contributed by atoms with E-state index in [-0.39, 0.29) is 5.91 Å². The molecule has 0 unspecified atom stereocenters. The van der Waals surface area contributed by atoms with Gasteiger partial charge in [-0.25, -0.2) is 0 Å². The molecule has 3 aromatic rings. The minimum atomic E-state index is -0.0131. The van der Waals surface area contributed by atoms with Crippen molar-refractivity contribution in [3.8, 4) is 0 Å². The molecule has 3 heteroatoms. The van der Waals surface area contributed by atoms with Crippen molar-refractivity contribution >= 4 is 16.8 Å². The molecule has 21 heavy (non-hydrogen) atoms. The summed E-state index contributed by atoms with van der Waals surface area (Å²) >= 11 is 0. The Bertz CT molecular complexity index is 759. The molecule has 0 radical (unpaired) electrons. The maximum atomic E-state index is 12.4. The standard InChI is InChI=1S/C18H18N2O/c1-13-17(15-9-5-6-10-16(15)20-13)18(21)19-12-11-14-7-3-2-4-8-14/h2-10,20H,11-12H2,1H3,(H,19,21). The van der Waals surface area contributed by atoms with Gasteiger partial charge >= 0.3 is 0 Å². The second-order valence-electron chi connectivity index (χ2n) is 5.16. The number of hydrogen-bond acceptors (Lipinski definition) is 1. The van der Waals surface area contributed by atoms with Gasteiger partial charge in [-0.15, -0.1) is 0 Å². The summed E-state index contributed by atoms with van der Waals surface area (Å²) in [5, 5.41) is 3.99. The molecule has 0 spiro atoms. The highest BCUT2D eigenvalue weighted by molar-refractivity contribution is 6.08. The molecule has 0 aliphatic rings. The zero-order chi connectivity index (χ0) is 14.7. The second-order valence-corrected chi connectivity index (χ2v) is 5.16. The lowest BCUT2D eigenvalue weighted by Crippen LogP contribution is -2.26. The van der Waals surface area contributed by atoms with Gasteiger partial charge in [0.1, 0.15) is 0 Å². The van der Waals surface area contributed by atoms with Gasteiger partial charge in [0.05, 0.1) is 5.56 Å². The predicted molar refractivity (Wildman–Crippen MR) is 85.5 cm³/mol. The molecule has 1 amide bonds. The molecule has 0 atom stereocenters. The number of aromatic nitrogens is 1. The predicted octanol–water partition coefficient (Wildman–Crippen LogP) is 3.45. The van der Waals surface area contributed by atoms with E-state index < -0.39 is 0 Å². The van der Waals surface area contributed by atoms with Crippen molar-refractivity contribution in [1.29, 1.82) is 0 Å². The highest BCUT2D eigenvalue weighted by Gasteiger charge is 2.14. The van der Waals surface area contributed by atoms with Crippen LogP contribution in [0.25, 0.3) is 10.9 Å². The molecule has 2 N–H and O–H groups in total.